The van der Waals surface area contributed by atoms with E-state index < -0.39 is 0 Å². The molecule has 0 fully saturated rings. The minimum Gasteiger partial charge on any atom is -0.299 e. The first-order valence-electron chi connectivity index (χ1n) is 3.50. The maximum Gasteiger partial charge on any atom is 0.141 e. The van der Waals surface area contributed by atoms with Gasteiger partial charge in [0.1, 0.15) is 5.78 Å². The Bertz CT molecular complexity index is 330. The van der Waals surface area contributed by atoms with Crippen LogP contribution >= 0.6 is 11.6 Å². The van der Waals surface area contributed by atoms with Crippen LogP contribution in [0.5, 0.6) is 0 Å². The van der Waals surface area contributed by atoms with E-state index in [1.807, 2.05) is 18.2 Å². The summed E-state index contributed by atoms with van der Waals surface area (Å²) in [5, 5.41) is 0.715. The van der Waals surface area contributed by atoms with Gasteiger partial charge < -0.3 is 0 Å². The quantitative estimate of drug-likeness (QED) is 0.626. The molecule has 0 N–H and O–H groups in total. The monoisotopic (exact) mass is 166 g/mol. The van der Waals surface area contributed by atoms with Crippen molar-refractivity contribution in [3.8, 4) is 0 Å². The number of Topliss-reactive ketones (excluding diaryl/α,β-unsaturated/α-hetero) is 1. The summed E-state index contributed by atoms with van der Waals surface area (Å²) in [4.78, 5) is 10.9. The van der Waals surface area contributed by atoms with E-state index in [1.54, 1.807) is 6.92 Å². The van der Waals surface area contributed by atoms with Gasteiger partial charge in [-0.1, -0.05) is 17.7 Å². The van der Waals surface area contributed by atoms with E-state index in [9.17, 15) is 4.79 Å². The molecule has 1 aliphatic carbocycles. The van der Waals surface area contributed by atoms with E-state index in [-0.39, 0.29) is 11.7 Å². The maximum absolute atomic E-state index is 10.9. The lowest BCUT2D eigenvalue weighted by Crippen LogP contribution is -1.89. The van der Waals surface area contributed by atoms with Crippen LogP contribution in [0.2, 0.25) is 5.02 Å². The third-order valence-corrected chi connectivity index (χ3v) is 2.23. The van der Waals surface area contributed by atoms with Gasteiger partial charge in [-0.2, -0.15) is 0 Å². The van der Waals surface area contributed by atoms with Crippen LogP contribution in [0.3, 0.4) is 0 Å². The largest absolute Gasteiger partial charge is 0.299 e. The molecule has 0 heterocycles. The van der Waals surface area contributed by atoms with Gasteiger partial charge in [-0.25, -0.2) is 0 Å². The number of halogens is 1. The Morgan fingerprint density at radius 2 is 2.18 bits per heavy atom. The number of fused-ring (bicyclic) bond motifs is 1. The molecule has 0 spiro atoms. The summed E-state index contributed by atoms with van der Waals surface area (Å²) < 4.78 is 0. The molecule has 0 amide bonds. The number of rotatable bonds is 1. The van der Waals surface area contributed by atoms with Gasteiger partial charge in [-0.05, 0) is 30.2 Å². The molecule has 2 rings (SSSR count). The SMILES string of the molecule is CC(=O)C1c2ccc(Cl)cc21. The molecule has 0 saturated heterocycles. The summed E-state index contributed by atoms with van der Waals surface area (Å²) in [5.74, 6) is 0.268. The van der Waals surface area contributed by atoms with Crippen molar-refractivity contribution in [2.45, 2.75) is 12.8 Å². The van der Waals surface area contributed by atoms with Crippen LogP contribution in [0.4, 0.5) is 0 Å². The molecule has 0 aromatic heterocycles. The standard InChI is InChI=1S/C9H7ClO/c1-5(11)9-7-3-2-6(10)4-8(7)9/h2-4,9H,1H3. The summed E-state index contributed by atoms with van der Waals surface area (Å²) in [7, 11) is 0. The number of hydrogen-bond acceptors (Lipinski definition) is 1. The number of carbonyl (C=O) groups excluding carboxylic acids is 1. The van der Waals surface area contributed by atoms with Gasteiger partial charge in [0.15, 0.2) is 0 Å². The second kappa shape index (κ2) is 2.08. The van der Waals surface area contributed by atoms with Crippen molar-refractivity contribution in [3.63, 3.8) is 0 Å². The number of hydrogen-bond donors (Lipinski definition) is 0. The highest BCUT2D eigenvalue weighted by molar-refractivity contribution is 6.30. The van der Waals surface area contributed by atoms with Crippen LogP contribution in [-0.4, -0.2) is 5.78 Å². The molecule has 1 aromatic carbocycles. The predicted octanol–water partition coefficient (Wildman–Crippen LogP) is 2.37. The van der Waals surface area contributed by atoms with Gasteiger partial charge in [0.2, 0.25) is 0 Å². The lowest BCUT2D eigenvalue weighted by atomic mass is 10.2. The van der Waals surface area contributed by atoms with Crippen LogP contribution in [0, 0.1) is 0 Å². The molecule has 0 aliphatic heterocycles. The van der Waals surface area contributed by atoms with Gasteiger partial charge in [0.05, 0.1) is 5.92 Å². The Hall–Kier alpha value is -0.820. The van der Waals surface area contributed by atoms with Crippen molar-refractivity contribution in [2.75, 3.05) is 0 Å². The summed E-state index contributed by atoms with van der Waals surface area (Å²) in [5.41, 5.74) is 2.24. The third kappa shape index (κ3) is 0.962. The van der Waals surface area contributed by atoms with Crippen LogP contribution in [0.25, 0.3) is 0 Å². The summed E-state index contributed by atoms with van der Waals surface area (Å²) >= 11 is 5.74. The van der Waals surface area contributed by atoms with E-state index in [0.29, 0.717) is 5.02 Å². The fourth-order valence-corrected chi connectivity index (χ4v) is 1.60. The Morgan fingerprint density at radius 1 is 1.45 bits per heavy atom. The highest BCUT2D eigenvalue weighted by Gasteiger charge is 2.35. The molecule has 1 aliphatic rings. The summed E-state index contributed by atoms with van der Waals surface area (Å²) in [6.45, 7) is 1.61. The highest BCUT2D eigenvalue weighted by Crippen LogP contribution is 2.44. The Morgan fingerprint density at radius 3 is 2.73 bits per heavy atom. The van der Waals surface area contributed by atoms with Crippen molar-refractivity contribution in [1.29, 1.82) is 0 Å². The highest BCUT2D eigenvalue weighted by atomic mass is 35.5. The lowest BCUT2D eigenvalue weighted by Gasteiger charge is -1.81. The lowest BCUT2D eigenvalue weighted by molar-refractivity contribution is -0.116. The van der Waals surface area contributed by atoms with Crippen molar-refractivity contribution in [2.24, 2.45) is 0 Å². The normalized spacial score (nSPS) is 19.3. The molecule has 1 atom stereocenters. The third-order valence-electron chi connectivity index (χ3n) is 1.99. The smallest absolute Gasteiger partial charge is 0.141 e. The molecule has 0 bridgehead atoms. The number of benzene rings is 1. The van der Waals surface area contributed by atoms with E-state index in [2.05, 4.69) is 0 Å². The van der Waals surface area contributed by atoms with Crippen molar-refractivity contribution >= 4 is 17.4 Å². The number of carbonyl (C=O) groups is 1. The minimum atomic E-state index is 0.0579. The number of ketones is 1. The van der Waals surface area contributed by atoms with Crippen molar-refractivity contribution in [3.05, 3.63) is 34.3 Å². The summed E-state index contributed by atoms with van der Waals surface area (Å²) in [6.07, 6.45) is 0. The molecule has 0 saturated carbocycles. The van der Waals surface area contributed by atoms with E-state index in [0.717, 1.165) is 11.1 Å². The van der Waals surface area contributed by atoms with Crippen LogP contribution in [-0.2, 0) is 4.79 Å². The summed E-state index contributed by atoms with van der Waals surface area (Å²) in [6, 6.07) is 5.61. The molecule has 2 heteroatoms. The maximum atomic E-state index is 10.9. The molecule has 0 radical (unpaired) electrons. The Balaban J connectivity index is 2.38. The molecular weight excluding hydrogens is 160 g/mol. The van der Waals surface area contributed by atoms with Crippen LogP contribution in [0.1, 0.15) is 24.0 Å². The molecule has 56 valence electrons. The zero-order chi connectivity index (χ0) is 8.01. The molecule has 1 nitrogen and oxygen atoms in total. The average molecular weight is 167 g/mol. The second-order valence-electron chi connectivity index (χ2n) is 2.82. The van der Waals surface area contributed by atoms with Crippen molar-refractivity contribution < 1.29 is 4.79 Å². The van der Waals surface area contributed by atoms with E-state index in [1.165, 1.54) is 0 Å². The Kier molecular flexibility index (Phi) is 1.30. The van der Waals surface area contributed by atoms with Gasteiger partial charge in [0, 0.05) is 5.02 Å². The van der Waals surface area contributed by atoms with Gasteiger partial charge in [-0.3, -0.25) is 4.79 Å². The zero-order valence-electron chi connectivity index (χ0n) is 6.10. The Labute approximate surface area is 70.0 Å². The molecule has 1 unspecified atom stereocenters. The minimum absolute atomic E-state index is 0.0579. The molecular formula is C9H7ClO. The fourth-order valence-electron chi connectivity index (χ4n) is 1.42. The molecule has 1 aromatic rings. The van der Waals surface area contributed by atoms with Crippen LogP contribution in [0.15, 0.2) is 18.2 Å². The van der Waals surface area contributed by atoms with Crippen LogP contribution < -0.4 is 0 Å². The molecule has 11 heavy (non-hydrogen) atoms. The van der Waals surface area contributed by atoms with E-state index in [4.69, 9.17) is 11.6 Å². The average Bonchev–Trinajstić information content (AvgIpc) is 2.60. The zero-order valence-corrected chi connectivity index (χ0v) is 6.85. The topological polar surface area (TPSA) is 17.1 Å². The first-order chi connectivity index (χ1) is 5.20. The first-order valence-corrected chi connectivity index (χ1v) is 3.88. The second-order valence-corrected chi connectivity index (χ2v) is 3.25. The van der Waals surface area contributed by atoms with Gasteiger partial charge in [-0.15, -0.1) is 0 Å². The first kappa shape index (κ1) is 6.86. The predicted molar refractivity (Wildman–Crippen MR) is 44.0 cm³/mol. The van der Waals surface area contributed by atoms with E-state index >= 15 is 0 Å². The van der Waals surface area contributed by atoms with Gasteiger partial charge >= 0.3 is 0 Å². The fraction of sp³-hybridized carbons (Fsp3) is 0.222. The van der Waals surface area contributed by atoms with Crippen molar-refractivity contribution in [1.82, 2.24) is 0 Å². The van der Waals surface area contributed by atoms with Gasteiger partial charge in [0.25, 0.3) is 0 Å².